The number of thiophene rings is 1. The van der Waals surface area contributed by atoms with Crippen LogP contribution >= 0.6 is 11.3 Å². The maximum Gasteiger partial charge on any atom is 0.263 e. The van der Waals surface area contributed by atoms with Crippen molar-refractivity contribution in [2.75, 3.05) is 25.2 Å². The van der Waals surface area contributed by atoms with Gasteiger partial charge in [-0.15, -0.1) is 11.3 Å². The van der Waals surface area contributed by atoms with Gasteiger partial charge in [0, 0.05) is 13.1 Å². The van der Waals surface area contributed by atoms with E-state index in [9.17, 15) is 4.79 Å². The van der Waals surface area contributed by atoms with Gasteiger partial charge >= 0.3 is 0 Å². The summed E-state index contributed by atoms with van der Waals surface area (Å²) < 4.78 is 5.20. The van der Waals surface area contributed by atoms with Crippen molar-refractivity contribution in [3.05, 3.63) is 4.88 Å². The summed E-state index contributed by atoms with van der Waals surface area (Å²) in [5.41, 5.74) is 6.24. The number of carbonyl (C=O) groups is 1. The lowest BCUT2D eigenvalue weighted by atomic mass is 10.3. The highest BCUT2D eigenvalue weighted by Crippen LogP contribution is 2.42. The van der Waals surface area contributed by atoms with Gasteiger partial charge in [0.05, 0.1) is 7.11 Å². The van der Waals surface area contributed by atoms with E-state index in [-0.39, 0.29) is 11.9 Å². The maximum atomic E-state index is 11.5. The average Bonchev–Trinajstić information content (AvgIpc) is 2.53. The van der Waals surface area contributed by atoms with Gasteiger partial charge in [-0.2, -0.15) is 0 Å². The number of rotatable bonds is 4. The Morgan fingerprint density at radius 3 is 2.56 bits per heavy atom. The third-order valence-electron chi connectivity index (χ3n) is 1.96. The van der Waals surface area contributed by atoms with E-state index >= 15 is 0 Å². The number of nitrogen functional groups attached to an aromatic ring is 1. The summed E-state index contributed by atoms with van der Waals surface area (Å²) in [6.45, 7) is 4.02. The average molecular weight is 243 g/mol. The first-order valence-corrected chi connectivity index (χ1v) is 5.77. The van der Waals surface area contributed by atoms with Gasteiger partial charge in [0.1, 0.15) is 15.6 Å². The van der Waals surface area contributed by atoms with Crippen LogP contribution in [0.3, 0.4) is 0 Å². The molecule has 1 amide bonds. The summed E-state index contributed by atoms with van der Waals surface area (Å²) >= 11 is 1.30. The number of nitrogens with two attached hydrogens (primary N) is 1. The van der Waals surface area contributed by atoms with E-state index in [4.69, 9.17) is 10.5 Å². The molecule has 0 saturated heterocycles. The number of methoxy groups -OCH3 is 1. The molecule has 1 rings (SSSR count). The molecule has 1 aromatic heterocycles. The zero-order valence-corrected chi connectivity index (χ0v) is 10.7. The summed E-state index contributed by atoms with van der Waals surface area (Å²) in [6, 6.07) is 0.254. The molecule has 4 N–H and O–H groups in total. The Hall–Kier alpha value is -1.43. The van der Waals surface area contributed by atoms with Crippen molar-refractivity contribution in [1.82, 2.24) is 5.32 Å². The molecule has 1 heterocycles. The number of ether oxygens (including phenoxy) is 1. The molecule has 0 spiro atoms. The van der Waals surface area contributed by atoms with Crippen molar-refractivity contribution in [2.24, 2.45) is 0 Å². The Bertz CT molecular complexity index is 388. The topological polar surface area (TPSA) is 76.4 Å². The first-order valence-electron chi connectivity index (χ1n) is 4.96. The highest BCUT2D eigenvalue weighted by Gasteiger charge is 2.21. The third-order valence-corrected chi connectivity index (χ3v) is 3.07. The van der Waals surface area contributed by atoms with Crippen LogP contribution in [-0.4, -0.2) is 26.1 Å². The van der Waals surface area contributed by atoms with E-state index in [2.05, 4.69) is 10.6 Å². The third kappa shape index (κ3) is 2.38. The molecule has 0 aromatic carbocycles. The molecule has 0 aliphatic rings. The normalized spacial score (nSPS) is 10.3. The van der Waals surface area contributed by atoms with Gasteiger partial charge in [-0.1, -0.05) is 0 Å². The van der Waals surface area contributed by atoms with E-state index in [1.165, 1.54) is 18.4 Å². The number of carbonyl (C=O) groups excluding carboxylic acids is 1. The smallest absolute Gasteiger partial charge is 0.263 e. The minimum Gasteiger partial charge on any atom is -0.492 e. The number of hydrogen-bond acceptors (Lipinski definition) is 5. The first-order chi connectivity index (χ1) is 7.51. The molecule has 0 saturated carbocycles. The molecule has 0 aliphatic carbocycles. The lowest BCUT2D eigenvalue weighted by Crippen LogP contribution is -2.17. The Kier molecular flexibility index (Phi) is 4.00. The van der Waals surface area contributed by atoms with Crippen LogP contribution in [0.4, 0.5) is 10.7 Å². The van der Waals surface area contributed by atoms with Crippen LogP contribution in [-0.2, 0) is 0 Å². The molecule has 0 fully saturated rings. The van der Waals surface area contributed by atoms with Crippen molar-refractivity contribution in [2.45, 2.75) is 19.9 Å². The zero-order chi connectivity index (χ0) is 12.3. The van der Waals surface area contributed by atoms with Gasteiger partial charge in [0.15, 0.2) is 5.75 Å². The standard InChI is InChI=1S/C10H17N3O2S/c1-5(2)13-10-7(15-4)6(11)8(16-10)9(14)12-3/h5,13H,11H2,1-4H3,(H,12,14). The highest BCUT2D eigenvalue weighted by atomic mass is 32.1. The second-order valence-corrected chi connectivity index (χ2v) is 4.61. The Morgan fingerprint density at radius 2 is 2.12 bits per heavy atom. The van der Waals surface area contributed by atoms with Gasteiger partial charge in [-0.25, -0.2) is 0 Å². The summed E-state index contributed by atoms with van der Waals surface area (Å²) in [7, 11) is 3.11. The molecule has 0 aliphatic heterocycles. The fourth-order valence-corrected chi connectivity index (χ4v) is 2.45. The predicted octanol–water partition coefficient (Wildman–Crippen LogP) is 1.52. The molecule has 16 heavy (non-hydrogen) atoms. The van der Waals surface area contributed by atoms with Crippen LogP contribution in [0.25, 0.3) is 0 Å². The van der Waals surface area contributed by atoms with Crippen LogP contribution in [0.1, 0.15) is 23.5 Å². The Balaban J connectivity index is 3.14. The maximum absolute atomic E-state index is 11.5. The van der Waals surface area contributed by atoms with Crippen molar-refractivity contribution < 1.29 is 9.53 Å². The Morgan fingerprint density at radius 1 is 1.50 bits per heavy atom. The molecule has 0 unspecified atom stereocenters. The Labute approximate surface area is 99.0 Å². The lowest BCUT2D eigenvalue weighted by molar-refractivity contribution is 0.0967. The van der Waals surface area contributed by atoms with Gasteiger partial charge < -0.3 is 21.1 Å². The molecule has 1 aromatic rings. The lowest BCUT2D eigenvalue weighted by Gasteiger charge is -2.09. The van der Waals surface area contributed by atoms with Crippen LogP contribution in [0.2, 0.25) is 0 Å². The zero-order valence-electron chi connectivity index (χ0n) is 9.88. The molecular formula is C10H17N3O2S. The second kappa shape index (κ2) is 5.07. The van der Waals surface area contributed by atoms with Crippen LogP contribution in [0.15, 0.2) is 0 Å². The molecule has 6 heteroatoms. The van der Waals surface area contributed by atoms with Crippen molar-refractivity contribution in [3.8, 4) is 5.75 Å². The monoisotopic (exact) mass is 243 g/mol. The summed E-state index contributed by atoms with van der Waals surface area (Å²) in [5, 5.41) is 6.53. The largest absolute Gasteiger partial charge is 0.492 e. The van der Waals surface area contributed by atoms with E-state index in [0.717, 1.165) is 5.00 Å². The van der Waals surface area contributed by atoms with Gasteiger partial charge in [0.2, 0.25) is 0 Å². The molecular weight excluding hydrogens is 226 g/mol. The SMILES string of the molecule is CNC(=O)c1sc(NC(C)C)c(OC)c1N. The fraction of sp³-hybridized carbons (Fsp3) is 0.500. The minimum atomic E-state index is -0.197. The number of nitrogens with one attached hydrogen (secondary N) is 2. The summed E-state index contributed by atoms with van der Waals surface area (Å²) in [5.74, 6) is 0.343. The number of amides is 1. The van der Waals surface area contributed by atoms with E-state index in [1.807, 2.05) is 13.8 Å². The molecule has 5 nitrogen and oxygen atoms in total. The molecule has 0 bridgehead atoms. The molecule has 0 atom stereocenters. The van der Waals surface area contributed by atoms with Gasteiger partial charge in [-0.3, -0.25) is 4.79 Å². The van der Waals surface area contributed by atoms with Crippen LogP contribution < -0.4 is 21.1 Å². The summed E-state index contributed by atoms with van der Waals surface area (Å²) in [6.07, 6.45) is 0. The van der Waals surface area contributed by atoms with Gasteiger partial charge in [0.25, 0.3) is 5.91 Å². The highest BCUT2D eigenvalue weighted by molar-refractivity contribution is 7.19. The molecule has 90 valence electrons. The van der Waals surface area contributed by atoms with Crippen molar-refractivity contribution >= 4 is 27.9 Å². The number of hydrogen-bond donors (Lipinski definition) is 3. The van der Waals surface area contributed by atoms with Crippen molar-refractivity contribution in [3.63, 3.8) is 0 Å². The number of anilines is 2. The molecule has 0 radical (unpaired) electrons. The second-order valence-electron chi connectivity index (χ2n) is 3.59. The predicted molar refractivity (Wildman–Crippen MR) is 67.4 cm³/mol. The van der Waals surface area contributed by atoms with Gasteiger partial charge in [-0.05, 0) is 13.8 Å². The van der Waals surface area contributed by atoms with Crippen molar-refractivity contribution in [1.29, 1.82) is 0 Å². The summed E-state index contributed by atoms with van der Waals surface area (Å²) in [4.78, 5) is 12.0. The van der Waals surface area contributed by atoms with Crippen LogP contribution in [0.5, 0.6) is 5.75 Å². The van der Waals surface area contributed by atoms with E-state index in [0.29, 0.717) is 16.3 Å². The van der Waals surface area contributed by atoms with Crippen LogP contribution in [0, 0.1) is 0 Å². The fourth-order valence-electron chi connectivity index (χ4n) is 1.27. The van der Waals surface area contributed by atoms with E-state index in [1.54, 1.807) is 7.05 Å². The quantitative estimate of drug-likeness (QED) is 0.749. The first kappa shape index (κ1) is 12.6. The van der Waals surface area contributed by atoms with E-state index < -0.39 is 0 Å². The minimum absolute atomic E-state index is 0.197.